The normalized spacial score (nSPS) is 22.0. The summed E-state index contributed by atoms with van der Waals surface area (Å²) in [7, 11) is 1.58. The van der Waals surface area contributed by atoms with E-state index in [0.717, 1.165) is 5.75 Å². The maximum Gasteiger partial charge on any atom is 0.233 e. The summed E-state index contributed by atoms with van der Waals surface area (Å²) in [6, 6.07) is 7.07. The van der Waals surface area contributed by atoms with Crippen molar-refractivity contribution in [3.8, 4) is 5.75 Å². The van der Waals surface area contributed by atoms with E-state index < -0.39 is 0 Å². The third kappa shape index (κ3) is 3.73. The largest absolute Gasteiger partial charge is 0.497 e. The monoisotopic (exact) mass is 342 g/mol. The third-order valence-electron chi connectivity index (χ3n) is 4.76. The van der Waals surface area contributed by atoms with Crippen LogP contribution in [-0.2, 0) is 14.4 Å². The number of rotatable bonds is 6. The zero-order chi connectivity index (χ0) is 17.8. The lowest BCUT2D eigenvalue weighted by molar-refractivity contribution is -0.140. The number of ether oxygens (including phenoxy) is 1. The minimum Gasteiger partial charge on any atom is -0.497 e. The number of hydrogen-bond acceptors (Lipinski definition) is 4. The molecule has 25 heavy (non-hydrogen) atoms. The number of anilines is 1. The number of carbonyl (C=O) groups excluding carboxylic acids is 3. The molecular weight excluding hydrogens is 320 g/mol. The molecule has 3 rings (SSSR count). The molecule has 0 radical (unpaired) electrons. The van der Waals surface area contributed by atoms with E-state index in [1.165, 1.54) is 4.90 Å². The van der Waals surface area contributed by atoms with E-state index in [9.17, 15) is 14.4 Å². The Morgan fingerprint density at radius 1 is 1.12 bits per heavy atom. The number of nitrogens with zero attached hydrogens (tertiary/aromatic N) is 1. The molecule has 6 heteroatoms. The van der Waals surface area contributed by atoms with Crippen molar-refractivity contribution in [1.29, 1.82) is 0 Å². The summed E-state index contributed by atoms with van der Waals surface area (Å²) in [6.45, 7) is 0.306. The van der Waals surface area contributed by atoms with Crippen LogP contribution in [0.15, 0.2) is 36.4 Å². The number of carbonyl (C=O) groups is 3. The first kappa shape index (κ1) is 17.2. The van der Waals surface area contributed by atoms with E-state index in [0.29, 0.717) is 31.5 Å². The molecule has 0 spiro atoms. The second kappa shape index (κ2) is 7.51. The van der Waals surface area contributed by atoms with Crippen LogP contribution in [0.25, 0.3) is 0 Å². The first-order chi connectivity index (χ1) is 12.1. The number of hydrogen-bond donors (Lipinski definition) is 1. The fraction of sp³-hybridized carbons (Fsp3) is 0.421. The van der Waals surface area contributed by atoms with Crippen LogP contribution >= 0.6 is 0 Å². The van der Waals surface area contributed by atoms with Gasteiger partial charge in [-0.05, 0) is 43.5 Å². The van der Waals surface area contributed by atoms with Crippen molar-refractivity contribution in [2.24, 2.45) is 11.8 Å². The first-order valence-electron chi connectivity index (χ1n) is 8.54. The molecule has 3 amide bonds. The van der Waals surface area contributed by atoms with E-state index in [-0.39, 0.29) is 36.0 Å². The summed E-state index contributed by atoms with van der Waals surface area (Å²) in [5.74, 6) is 0.00411. The van der Waals surface area contributed by atoms with Gasteiger partial charge in [0, 0.05) is 18.7 Å². The Hall–Kier alpha value is -2.63. The SMILES string of the molecule is COc1ccc(NC(=O)CCCN2C(=O)[C@H]3CC=CC[C@@H]3C2=O)cc1. The second-order valence-electron chi connectivity index (χ2n) is 6.36. The molecule has 1 aliphatic carbocycles. The van der Waals surface area contributed by atoms with Crippen LogP contribution in [0.5, 0.6) is 5.75 Å². The molecule has 0 saturated carbocycles. The summed E-state index contributed by atoms with van der Waals surface area (Å²) >= 11 is 0. The van der Waals surface area contributed by atoms with E-state index in [4.69, 9.17) is 4.74 Å². The number of methoxy groups -OCH3 is 1. The van der Waals surface area contributed by atoms with Crippen LogP contribution in [0, 0.1) is 11.8 Å². The molecule has 0 aromatic heterocycles. The standard InChI is InChI=1S/C19H22N2O4/c1-25-14-10-8-13(9-11-14)20-17(22)7-4-12-21-18(23)15-5-2-3-6-16(15)19(21)24/h2-3,8-11,15-16H,4-7,12H2,1H3,(H,20,22)/t15-,16-/m0/s1. The molecule has 132 valence electrons. The van der Waals surface area contributed by atoms with Crippen molar-refractivity contribution in [2.75, 3.05) is 19.0 Å². The molecule has 1 N–H and O–H groups in total. The Morgan fingerprint density at radius 3 is 2.28 bits per heavy atom. The van der Waals surface area contributed by atoms with Gasteiger partial charge in [0.2, 0.25) is 17.7 Å². The molecule has 2 aliphatic rings. The highest BCUT2D eigenvalue weighted by molar-refractivity contribution is 6.05. The Bertz CT molecular complexity index is 670. The van der Waals surface area contributed by atoms with E-state index in [2.05, 4.69) is 5.32 Å². The Labute approximate surface area is 146 Å². The number of allylic oxidation sites excluding steroid dienone is 2. The molecule has 6 nitrogen and oxygen atoms in total. The lowest BCUT2D eigenvalue weighted by Gasteiger charge is -2.14. The van der Waals surface area contributed by atoms with Gasteiger partial charge in [-0.3, -0.25) is 19.3 Å². The zero-order valence-electron chi connectivity index (χ0n) is 14.2. The van der Waals surface area contributed by atoms with Gasteiger partial charge in [0.05, 0.1) is 18.9 Å². The smallest absolute Gasteiger partial charge is 0.233 e. The zero-order valence-corrected chi connectivity index (χ0v) is 14.2. The van der Waals surface area contributed by atoms with Gasteiger partial charge in [0.25, 0.3) is 0 Å². The number of imide groups is 1. The minimum atomic E-state index is -0.203. The summed E-state index contributed by atoms with van der Waals surface area (Å²) in [5.41, 5.74) is 0.691. The predicted molar refractivity (Wildman–Crippen MR) is 92.9 cm³/mol. The molecule has 1 saturated heterocycles. The first-order valence-corrected chi connectivity index (χ1v) is 8.54. The molecule has 1 aliphatic heterocycles. The quantitative estimate of drug-likeness (QED) is 0.636. The van der Waals surface area contributed by atoms with Crippen LogP contribution in [0.4, 0.5) is 5.69 Å². The maximum absolute atomic E-state index is 12.3. The topological polar surface area (TPSA) is 75.7 Å². The van der Waals surface area contributed by atoms with E-state index in [1.54, 1.807) is 31.4 Å². The summed E-state index contributed by atoms with van der Waals surface area (Å²) < 4.78 is 5.07. The van der Waals surface area contributed by atoms with Crippen LogP contribution in [0.1, 0.15) is 25.7 Å². The van der Waals surface area contributed by atoms with Crippen molar-refractivity contribution < 1.29 is 19.1 Å². The fourth-order valence-electron chi connectivity index (χ4n) is 3.38. The number of benzene rings is 1. The molecule has 0 unspecified atom stereocenters. The molecule has 1 aromatic rings. The number of likely N-dealkylation sites (tertiary alicyclic amines) is 1. The average Bonchev–Trinajstić information content (AvgIpc) is 2.87. The molecule has 1 fully saturated rings. The number of amides is 3. The van der Waals surface area contributed by atoms with Gasteiger partial charge in [0.1, 0.15) is 5.75 Å². The lowest BCUT2D eigenvalue weighted by atomic mass is 9.85. The Morgan fingerprint density at radius 2 is 1.72 bits per heavy atom. The van der Waals surface area contributed by atoms with Crippen LogP contribution in [0.2, 0.25) is 0 Å². The van der Waals surface area contributed by atoms with Crippen LogP contribution in [-0.4, -0.2) is 36.3 Å². The fourth-order valence-corrected chi connectivity index (χ4v) is 3.38. The molecule has 1 aromatic carbocycles. The van der Waals surface area contributed by atoms with E-state index >= 15 is 0 Å². The summed E-state index contributed by atoms with van der Waals surface area (Å²) in [5, 5.41) is 2.80. The van der Waals surface area contributed by atoms with Crippen LogP contribution in [0.3, 0.4) is 0 Å². The van der Waals surface area contributed by atoms with Gasteiger partial charge in [-0.25, -0.2) is 0 Å². The number of fused-ring (bicyclic) bond motifs is 1. The van der Waals surface area contributed by atoms with Gasteiger partial charge in [0.15, 0.2) is 0 Å². The highest BCUT2D eigenvalue weighted by atomic mass is 16.5. The van der Waals surface area contributed by atoms with Crippen molar-refractivity contribution in [3.05, 3.63) is 36.4 Å². The van der Waals surface area contributed by atoms with Crippen molar-refractivity contribution >= 4 is 23.4 Å². The molecular formula is C19H22N2O4. The summed E-state index contributed by atoms with van der Waals surface area (Å²) in [6.07, 6.45) is 5.95. The highest BCUT2D eigenvalue weighted by Gasteiger charge is 2.46. The van der Waals surface area contributed by atoms with Gasteiger partial charge < -0.3 is 10.1 Å². The highest BCUT2D eigenvalue weighted by Crippen LogP contribution is 2.35. The minimum absolute atomic E-state index is 0.0880. The molecule has 1 heterocycles. The third-order valence-corrected chi connectivity index (χ3v) is 4.76. The van der Waals surface area contributed by atoms with Crippen molar-refractivity contribution in [1.82, 2.24) is 4.90 Å². The van der Waals surface area contributed by atoms with Gasteiger partial charge in [-0.1, -0.05) is 12.2 Å². The Kier molecular flexibility index (Phi) is 5.16. The van der Waals surface area contributed by atoms with Crippen molar-refractivity contribution in [3.63, 3.8) is 0 Å². The number of nitrogens with one attached hydrogen (secondary N) is 1. The average molecular weight is 342 g/mol. The lowest BCUT2D eigenvalue weighted by Crippen LogP contribution is -2.32. The van der Waals surface area contributed by atoms with Crippen molar-refractivity contribution in [2.45, 2.75) is 25.7 Å². The van der Waals surface area contributed by atoms with Gasteiger partial charge in [-0.15, -0.1) is 0 Å². The summed E-state index contributed by atoms with van der Waals surface area (Å²) in [4.78, 5) is 38.0. The van der Waals surface area contributed by atoms with Crippen LogP contribution < -0.4 is 10.1 Å². The van der Waals surface area contributed by atoms with Gasteiger partial charge in [-0.2, -0.15) is 0 Å². The Balaban J connectivity index is 1.46. The predicted octanol–water partition coefficient (Wildman–Crippen LogP) is 2.37. The van der Waals surface area contributed by atoms with Gasteiger partial charge >= 0.3 is 0 Å². The molecule has 0 bridgehead atoms. The maximum atomic E-state index is 12.3. The molecule has 2 atom stereocenters. The van der Waals surface area contributed by atoms with E-state index in [1.807, 2.05) is 12.2 Å². The second-order valence-corrected chi connectivity index (χ2v) is 6.36.